The summed E-state index contributed by atoms with van der Waals surface area (Å²) in [6, 6.07) is 7.28. The van der Waals surface area contributed by atoms with Crippen LogP contribution in [0.3, 0.4) is 0 Å². The highest BCUT2D eigenvalue weighted by Gasteiger charge is 2.14. The van der Waals surface area contributed by atoms with Crippen LogP contribution < -0.4 is 0 Å². The zero-order chi connectivity index (χ0) is 16.5. The molecule has 0 spiro atoms. The average molecular weight is 390 g/mol. The third-order valence-corrected chi connectivity index (χ3v) is 4.88. The van der Waals surface area contributed by atoms with Gasteiger partial charge >= 0.3 is 5.97 Å². The molecule has 7 heteroatoms. The molecule has 0 heterocycles. The van der Waals surface area contributed by atoms with Gasteiger partial charge in [0.2, 0.25) is 5.91 Å². The Balaban J connectivity index is 2.33. The summed E-state index contributed by atoms with van der Waals surface area (Å²) in [7, 11) is 0.442. The monoisotopic (exact) mass is 389 g/mol. The summed E-state index contributed by atoms with van der Waals surface area (Å²) in [5, 5.41) is 0. The molecule has 1 aromatic carbocycles. The normalized spacial score (nSPS) is 11.8. The van der Waals surface area contributed by atoms with Gasteiger partial charge in [-0.15, -0.1) is 0 Å². The number of nitrogens with zero attached hydrogens (tertiary/aromatic N) is 1. The van der Waals surface area contributed by atoms with E-state index in [4.69, 9.17) is 4.74 Å². The largest absolute Gasteiger partial charge is 0.465 e. The molecule has 1 amide bonds. The Kier molecular flexibility index (Phi) is 8.34. The number of amides is 1. The van der Waals surface area contributed by atoms with E-state index in [1.54, 1.807) is 26.1 Å². The standard InChI is InChI=1S/C15H20BrNO4S/c1-3-21-15(19)11-17(2)14(18)5-4-10-22(20)13-8-6-12(16)7-9-13/h6-9H,3-5,10-11H2,1-2H3. The smallest absolute Gasteiger partial charge is 0.325 e. The fourth-order valence-electron chi connectivity index (χ4n) is 1.74. The van der Waals surface area contributed by atoms with Gasteiger partial charge in [0.1, 0.15) is 6.54 Å². The molecular weight excluding hydrogens is 370 g/mol. The van der Waals surface area contributed by atoms with Gasteiger partial charge in [0.15, 0.2) is 0 Å². The van der Waals surface area contributed by atoms with E-state index in [1.165, 1.54) is 4.90 Å². The molecule has 5 nitrogen and oxygen atoms in total. The molecule has 22 heavy (non-hydrogen) atoms. The molecule has 0 aliphatic carbocycles. The van der Waals surface area contributed by atoms with E-state index in [-0.39, 0.29) is 18.9 Å². The zero-order valence-corrected chi connectivity index (χ0v) is 15.1. The van der Waals surface area contributed by atoms with Gasteiger partial charge in [0, 0.05) is 28.6 Å². The minimum Gasteiger partial charge on any atom is -0.465 e. The van der Waals surface area contributed by atoms with Crippen molar-refractivity contribution in [1.29, 1.82) is 0 Å². The molecule has 122 valence electrons. The Morgan fingerprint density at radius 3 is 2.50 bits per heavy atom. The van der Waals surface area contributed by atoms with Gasteiger partial charge in [-0.3, -0.25) is 13.8 Å². The van der Waals surface area contributed by atoms with Crippen LogP contribution in [0, 0.1) is 0 Å². The SMILES string of the molecule is CCOC(=O)CN(C)C(=O)CCCS(=O)c1ccc(Br)cc1. The van der Waals surface area contributed by atoms with Crippen molar-refractivity contribution in [3.05, 3.63) is 28.7 Å². The molecule has 0 N–H and O–H groups in total. The van der Waals surface area contributed by atoms with Crippen molar-refractivity contribution in [1.82, 2.24) is 4.90 Å². The molecule has 0 aliphatic heterocycles. The maximum absolute atomic E-state index is 12.1. The van der Waals surface area contributed by atoms with Gasteiger partial charge in [-0.1, -0.05) is 15.9 Å². The first-order valence-corrected chi connectivity index (χ1v) is 9.08. The first kappa shape index (κ1) is 18.8. The van der Waals surface area contributed by atoms with Gasteiger partial charge in [0.25, 0.3) is 0 Å². The number of rotatable bonds is 8. The first-order chi connectivity index (χ1) is 10.4. The number of carbonyl (C=O) groups is 2. The fourth-order valence-corrected chi connectivity index (χ4v) is 3.08. The van der Waals surface area contributed by atoms with Crippen molar-refractivity contribution in [2.75, 3.05) is 26.0 Å². The van der Waals surface area contributed by atoms with Crippen LogP contribution in [-0.2, 0) is 25.1 Å². The average Bonchev–Trinajstić information content (AvgIpc) is 2.47. The number of benzene rings is 1. The second-order valence-electron chi connectivity index (χ2n) is 4.66. The molecule has 0 fully saturated rings. The Hall–Kier alpha value is -1.21. The van der Waals surface area contributed by atoms with Crippen molar-refractivity contribution in [3.63, 3.8) is 0 Å². The van der Waals surface area contributed by atoms with E-state index in [1.807, 2.05) is 12.1 Å². The van der Waals surface area contributed by atoms with Crippen LogP contribution >= 0.6 is 15.9 Å². The highest BCUT2D eigenvalue weighted by molar-refractivity contribution is 9.10. The predicted molar refractivity (Wildman–Crippen MR) is 88.9 cm³/mol. The molecule has 1 aromatic rings. The minimum absolute atomic E-state index is 0.0531. The maximum Gasteiger partial charge on any atom is 0.325 e. The predicted octanol–water partition coefficient (Wildman–Crippen LogP) is 2.36. The van der Waals surface area contributed by atoms with Crippen LogP contribution in [0.1, 0.15) is 19.8 Å². The van der Waals surface area contributed by atoms with Crippen LogP contribution in [0.2, 0.25) is 0 Å². The number of esters is 1. The summed E-state index contributed by atoms with van der Waals surface area (Å²) in [4.78, 5) is 25.2. The van der Waals surface area contributed by atoms with E-state index in [9.17, 15) is 13.8 Å². The number of hydrogen-bond donors (Lipinski definition) is 0. The highest BCUT2D eigenvalue weighted by atomic mass is 79.9. The molecular formula is C15H20BrNO4S. The summed E-state index contributed by atoms with van der Waals surface area (Å²) in [6.45, 7) is 1.96. The molecule has 0 aromatic heterocycles. The lowest BCUT2D eigenvalue weighted by atomic mass is 10.3. The lowest BCUT2D eigenvalue weighted by Gasteiger charge is -2.15. The van der Waals surface area contributed by atoms with Gasteiger partial charge in [-0.2, -0.15) is 0 Å². The number of hydrogen-bond acceptors (Lipinski definition) is 4. The van der Waals surface area contributed by atoms with Gasteiger partial charge < -0.3 is 9.64 Å². The van der Waals surface area contributed by atoms with Gasteiger partial charge in [0.05, 0.1) is 17.4 Å². The number of carbonyl (C=O) groups excluding carboxylic acids is 2. The van der Waals surface area contributed by atoms with Crippen LogP contribution in [0.4, 0.5) is 0 Å². The lowest BCUT2D eigenvalue weighted by molar-refractivity contribution is -0.148. The van der Waals surface area contributed by atoms with Crippen molar-refractivity contribution >= 4 is 38.6 Å². The van der Waals surface area contributed by atoms with Crippen molar-refractivity contribution < 1.29 is 18.5 Å². The van der Waals surface area contributed by atoms with Crippen LogP contribution in [0.15, 0.2) is 33.6 Å². The summed E-state index contributed by atoms with van der Waals surface area (Å²) in [5.74, 6) is -0.154. The van der Waals surface area contributed by atoms with Gasteiger partial charge in [-0.05, 0) is 37.6 Å². The summed E-state index contributed by atoms with van der Waals surface area (Å²) in [5.41, 5.74) is 0. The molecule has 1 atom stereocenters. The number of halogens is 1. The number of likely N-dealkylation sites (N-methyl/N-ethyl adjacent to an activating group) is 1. The fraction of sp³-hybridized carbons (Fsp3) is 0.467. The third-order valence-electron chi connectivity index (χ3n) is 2.89. The topological polar surface area (TPSA) is 63.7 Å². The van der Waals surface area contributed by atoms with E-state index < -0.39 is 16.8 Å². The number of ether oxygens (including phenoxy) is 1. The minimum atomic E-state index is -1.12. The van der Waals surface area contributed by atoms with Crippen molar-refractivity contribution in [2.24, 2.45) is 0 Å². The Morgan fingerprint density at radius 1 is 1.27 bits per heavy atom. The van der Waals surface area contributed by atoms with Crippen molar-refractivity contribution in [3.8, 4) is 0 Å². The Bertz CT molecular complexity index is 533. The molecule has 1 rings (SSSR count). The molecule has 0 saturated heterocycles. The molecule has 0 aliphatic rings. The second kappa shape index (κ2) is 9.74. The van der Waals surface area contributed by atoms with Crippen LogP contribution in [-0.4, -0.2) is 46.9 Å². The van der Waals surface area contributed by atoms with Gasteiger partial charge in [-0.25, -0.2) is 0 Å². The maximum atomic E-state index is 12.1. The third kappa shape index (κ3) is 6.70. The van der Waals surface area contributed by atoms with E-state index in [0.29, 0.717) is 18.8 Å². The highest BCUT2D eigenvalue weighted by Crippen LogP contribution is 2.14. The summed E-state index contributed by atoms with van der Waals surface area (Å²) in [6.07, 6.45) is 0.771. The lowest BCUT2D eigenvalue weighted by Crippen LogP contribution is -2.33. The quantitative estimate of drug-likeness (QED) is 0.640. The Labute approximate surface area is 141 Å². The molecule has 1 unspecified atom stereocenters. The van der Waals surface area contributed by atoms with Crippen LogP contribution in [0.25, 0.3) is 0 Å². The Morgan fingerprint density at radius 2 is 1.91 bits per heavy atom. The van der Waals surface area contributed by atoms with E-state index in [0.717, 1.165) is 9.37 Å². The first-order valence-electron chi connectivity index (χ1n) is 6.97. The summed E-state index contributed by atoms with van der Waals surface area (Å²) >= 11 is 3.33. The van der Waals surface area contributed by atoms with E-state index in [2.05, 4.69) is 15.9 Å². The molecule has 0 radical (unpaired) electrons. The second-order valence-corrected chi connectivity index (χ2v) is 7.15. The van der Waals surface area contributed by atoms with Crippen LogP contribution in [0.5, 0.6) is 0 Å². The molecule has 0 saturated carbocycles. The zero-order valence-electron chi connectivity index (χ0n) is 12.7. The molecule has 0 bridgehead atoms. The summed E-state index contributed by atoms with van der Waals surface area (Å²) < 4.78 is 17.8. The van der Waals surface area contributed by atoms with E-state index >= 15 is 0 Å². The van der Waals surface area contributed by atoms with Crippen molar-refractivity contribution in [2.45, 2.75) is 24.7 Å².